The first-order valence-corrected chi connectivity index (χ1v) is 12.7. The van der Waals surface area contributed by atoms with Crippen molar-refractivity contribution in [3.8, 4) is 11.1 Å². The summed E-state index contributed by atoms with van der Waals surface area (Å²) in [5.41, 5.74) is 1.37. The van der Waals surface area contributed by atoms with Gasteiger partial charge in [-0.1, -0.05) is 42.5 Å². The van der Waals surface area contributed by atoms with E-state index in [1.165, 1.54) is 0 Å². The zero-order valence-corrected chi connectivity index (χ0v) is 20.0. The molecule has 7 heteroatoms. The van der Waals surface area contributed by atoms with Gasteiger partial charge in [-0.15, -0.1) is 0 Å². The summed E-state index contributed by atoms with van der Waals surface area (Å²) in [6.45, 7) is 6.56. The zero-order valence-electron chi connectivity index (χ0n) is 19.1. The molecule has 0 radical (unpaired) electrons. The lowest BCUT2D eigenvalue weighted by Gasteiger charge is -2.29. The molecule has 2 aromatic carbocycles. The van der Waals surface area contributed by atoms with Crippen LogP contribution in [0.15, 0.2) is 59.5 Å². The Labute approximate surface area is 191 Å². The Balaban J connectivity index is 1.47. The average Bonchev–Trinajstić information content (AvgIpc) is 2.77. The fourth-order valence-corrected chi connectivity index (χ4v) is 5.13. The maximum absolute atomic E-state index is 12.8. The number of hydrogen-bond donors (Lipinski definition) is 2. The minimum absolute atomic E-state index is 0.286. The Morgan fingerprint density at radius 3 is 2.12 bits per heavy atom. The topological polar surface area (TPSA) is 84.5 Å². The lowest BCUT2D eigenvalue weighted by molar-refractivity contribution is 0.0513. The van der Waals surface area contributed by atoms with Gasteiger partial charge in [0, 0.05) is 13.1 Å². The smallest absolute Gasteiger partial charge is 0.407 e. The highest BCUT2D eigenvalue weighted by molar-refractivity contribution is 7.89. The maximum atomic E-state index is 12.8. The summed E-state index contributed by atoms with van der Waals surface area (Å²) >= 11 is 0. The van der Waals surface area contributed by atoms with E-state index in [1.807, 2.05) is 57.2 Å². The third-order valence-electron chi connectivity index (χ3n) is 5.71. The predicted molar refractivity (Wildman–Crippen MR) is 127 cm³/mol. The zero-order chi connectivity index (χ0) is 23.2. The van der Waals surface area contributed by atoms with Gasteiger partial charge in [-0.3, -0.25) is 0 Å². The number of alkyl carbamates (subject to hydrolysis) is 1. The molecule has 1 amide bonds. The molecule has 0 unspecified atom stereocenters. The number of hydrogen-bond acceptors (Lipinski definition) is 4. The number of carbonyl (C=O) groups is 1. The van der Waals surface area contributed by atoms with Gasteiger partial charge in [0.05, 0.1) is 4.90 Å². The molecule has 32 heavy (non-hydrogen) atoms. The van der Waals surface area contributed by atoms with Gasteiger partial charge in [-0.25, -0.2) is 17.9 Å². The second kappa shape index (κ2) is 10.5. The normalized spacial score (nSPS) is 19.3. The third-order valence-corrected chi connectivity index (χ3v) is 7.14. The Kier molecular flexibility index (Phi) is 7.96. The summed E-state index contributed by atoms with van der Waals surface area (Å²) in [6.07, 6.45) is 3.42. The fourth-order valence-electron chi connectivity index (χ4n) is 3.97. The van der Waals surface area contributed by atoms with Gasteiger partial charge in [0.2, 0.25) is 10.0 Å². The van der Waals surface area contributed by atoms with E-state index in [-0.39, 0.29) is 11.0 Å². The molecule has 1 saturated carbocycles. The van der Waals surface area contributed by atoms with Crippen molar-refractivity contribution < 1.29 is 17.9 Å². The quantitative estimate of drug-likeness (QED) is 0.614. The predicted octanol–water partition coefficient (Wildman–Crippen LogP) is 4.96. The van der Waals surface area contributed by atoms with Crippen molar-refractivity contribution >= 4 is 16.1 Å². The number of amides is 1. The van der Waals surface area contributed by atoms with E-state index in [9.17, 15) is 13.2 Å². The van der Waals surface area contributed by atoms with Gasteiger partial charge in [0.25, 0.3) is 0 Å². The lowest BCUT2D eigenvalue weighted by Crippen LogP contribution is -2.37. The van der Waals surface area contributed by atoms with Crippen molar-refractivity contribution in [3.63, 3.8) is 0 Å². The van der Waals surface area contributed by atoms with Crippen molar-refractivity contribution in [2.75, 3.05) is 13.1 Å². The van der Waals surface area contributed by atoms with Crippen LogP contribution in [0.25, 0.3) is 11.1 Å². The van der Waals surface area contributed by atoms with Crippen LogP contribution in [0.2, 0.25) is 0 Å². The maximum Gasteiger partial charge on any atom is 0.407 e. The van der Waals surface area contributed by atoms with Crippen molar-refractivity contribution in [3.05, 3.63) is 54.6 Å². The molecule has 1 aliphatic rings. The lowest BCUT2D eigenvalue weighted by atomic mass is 9.82. The summed E-state index contributed by atoms with van der Waals surface area (Å²) in [4.78, 5) is 12.1. The first-order valence-electron chi connectivity index (χ1n) is 11.2. The van der Waals surface area contributed by atoms with E-state index in [0.29, 0.717) is 24.9 Å². The molecule has 0 bridgehead atoms. The fraction of sp³-hybridized carbons (Fsp3) is 0.480. The summed E-state index contributed by atoms with van der Waals surface area (Å²) in [5.74, 6) is 0.706. The first-order chi connectivity index (χ1) is 15.1. The SMILES string of the molecule is CC(C)(C)OC(=O)NC[C@H]1CC[C@H](CNS(=O)(=O)c2cccc(-c3ccccc3)c2)CC1. The van der Waals surface area contributed by atoms with E-state index >= 15 is 0 Å². The Morgan fingerprint density at radius 2 is 1.50 bits per heavy atom. The van der Waals surface area contributed by atoms with Crippen molar-refractivity contribution in [1.29, 1.82) is 0 Å². The van der Waals surface area contributed by atoms with Gasteiger partial charge in [-0.05, 0) is 81.5 Å². The molecule has 1 fully saturated rings. The van der Waals surface area contributed by atoms with E-state index in [0.717, 1.165) is 36.8 Å². The number of sulfonamides is 1. The molecule has 3 rings (SSSR count). The van der Waals surface area contributed by atoms with E-state index in [1.54, 1.807) is 18.2 Å². The number of ether oxygens (including phenoxy) is 1. The van der Waals surface area contributed by atoms with Crippen molar-refractivity contribution in [2.45, 2.75) is 57.0 Å². The average molecular weight is 459 g/mol. The van der Waals surface area contributed by atoms with Gasteiger partial charge in [0.15, 0.2) is 0 Å². The highest BCUT2D eigenvalue weighted by atomic mass is 32.2. The molecular weight excluding hydrogens is 424 g/mol. The number of benzene rings is 2. The molecule has 0 spiro atoms. The van der Waals surface area contributed by atoms with Crippen LogP contribution in [0.4, 0.5) is 4.79 Å². The second-order valence-electron chi connectivity index (χ2n) is 9.52. The van der Waals surface area contributed by atoms with Gasteiger partial charge in [0.1, 0.15) is 5.60 Å². The van der Waals surface area contributed by atoms with Crippen LogP contribution < -0.4 is 10.0 Å². The number of rotatable bonds is 7. The van der Waals surface area contributed by atoms with E-state index in [4.69, 9.17) is 4.74 Å². The van der Waals surface area contributed by atoms with Gasteiger partial charge < -0.3 is 10.1 Å². The molecule has 2 N–H and O–H groups in total. The third kappa shape index (κ3) is 7.35. The van der Waals surface area contributed by atoms with Crippen molar-refractivity contribution in [2.24, 2.45) is 11.8 Å². The summed E-state index contributed by atoms with van der Waals surface area (Å²) in [5, 5.41) is 2.85. The van der Waals surface area contributed by atoms with E-state index < -0.39 is 15.6 Å². The Bertz CT molecular complexity index is 992. The highest BCUT2D eigenvalue weighted by Gasteiger charge is 2.24. The molecule has 0 aromatic heterocycles. The van der Waals surface area contributed by atoms with Crippen molar-refractivity contribution in [1.82, 2.24) is 10.0 Å². The van der Waals surface area contributed by atoms with Crippen LogP contribution in [-0.4, -0.2) is 33.2 Å². The molecule has 174 valence electrons. The molecule has 6 nitrogen and oxygen atoms in total. The summed E-state index contributed by atoms with van der Waals surface area (Å²) in [6, 6.07) is 16.8. The molecular formula is C25H34N2O4S. The van der Waals surface area contributed by atoms with Crippen LogP contribution in [0, 0.1) is 11.8 Å². The molecule has 0 aliphatic heterocycles. The van der Waals surface area contributed by atoms with Gasteiger partial charge in [-0.2, -0.15) is 0 Å². The standard InChI is InChI=1S/C25H34N2O4S/c1-25(2,3)31-24(28)26-17-19-12-14-20(15-13-19)18-27-32(29,30)23-11-7-10-22(16-23)21-8-5-4-6-9-21/h4-11,16,19-20,27H,12-15,17-18H2,1-3H3,(H,26,28)/t19-,20-. The van der Waals surface area contributed by atoms with Crippen LogP contribution in [0.3, 0.4) is 0 Å². The minimum atomic E-state index is -3.57. The van der Waals surface area contributed by atoms with Crippen LogP contribution in [-0.2, 0) is 14.8 Å². The Morgan fingerprint density at radius 1 is 0.906 bits per heavy atom. The monoisotopic (exact) mass is 458 g/mol. The van der Waals surface area contributed by atoms with Crippen LogP contribution >= 0.6 is 0 Å². The minimum Gasteiger partial charge on any atom is -0.444 e. The Hall–Kier alpha value is -2.38. The highest BCUT2D eigenvalue weighted by Crippen LogP contribution is 2.29. The van der Waals surface area contributed by atoms with Gasteiger partial charge >= 0.3 is 6.09 Å². The number of carbonyl (C=O) groups excluding carboxylic acids is 1. The summed E-state index contributed by atoms with van der Waals surface area (Å²) < 4.78 is 33.8. The van der Waals surface area contributed by atoms with Crippen LogP contribution in [0.5, 0.6) is 0 Å². The molecule has 0 atom stereocenters. The largest absolute Gasteiger partial charge is 0.444 e. The molecule has 1 aliphatic carbocycles. The second-order valence-corrected chi connectivity index (χ2v) is 11.3. The number of nitrogens with one attached hydrogen (secondary N) is 2. The van der Waals surface area contributed by atoms with E-state index in [2.05, 4.69) is 10.0 Å². The van der Waals surface area contributed by atoms with Crippen LogP contribution in [0.1, 0.15) is 46.5 Å². The first kappa shape index (κ1) is 24.3. The molecule has 0 heterocycles. The molecule has 2 aromatic rings. The summed E-state index contributed by atoms with van der Waals surface area (Å²) in [7, 11) is -3.57. The molecule has 0 saturated heterocycles.